The van der Waals surface area contributed by atoms with Gasteiger partial charge in [-0.25, -0.2) is 0 Å². The summed E-state index contributed by atoms with van der Waals surface area (Å²) < 4.78 is 0. The van der Waals surface area contributed by atoms with Crippen molar-refractivity contribution in [3.05, 3.63) is 39.7 Å². The molecule has 0 unspecified atom stereocenters. The monoisotopic (exact) mass is 513 g/mol. The number of aliphatic hydroxyl groups excluding tert-OH is 2. The largest absolute Gasteiger partial charge is 0.508 e. The number of nitrogens with zero attached hydrogens (tertiary/aromatic N) is 2. The molecule has 0 spiro atoms. The van der Waals surface area contributed by atoms with E-state index in [4.69, 9.17) is 5.73 Å². The SMILES string of the molecule is CC(C)CN(C)Cc1cc(N(C)C)c2c(c1O)C(O)=C1C(=O)[C@]3(O)C(O)=C(C(N)=O)C(=O)C[C@@H]3C[C@@H]1C2. The van der Waals surface area contributed by atoms with Crippen molar-refractivity contribution in [2.45, 2.75) is 45.3 Å². The van der Waals surface area contributed by atoms with Crippen LogP contribution in [0.25, 0.3) is 5.76 Å². The molecule has 0 bridgehead atoms. The van der Waals surface area contributed by atoms with Gasteiger partial charge in [0.1, 0.15) is 22.8 Å². The van der Waals surface area contributed by atoms with E-state index in [-0.39, 0.29) is 36.1 Å². The predicted molar refractivity (Wildman–Crippen MR) is 137 cm³/mol. The number of rotatable bonds is 6. The van der Waals surface area contributed by atoms with Gasteiger partial charge in [0.05, 0.1) is 5.56 Å². The molecule has 37 heavy (non-hydrogen) atoms. The molecule has 0 saturated heterocycles. The summed E-state index contributed by atoms with van der Waals surface area (Å²) in [6, 6.07) is 1.88. The van der Waals surface area contributed by atoms with Gasteiger partial charge >= 0.3 is 0 Å². The number of anilines is 1. The van der Waals surface area contributed by atoms with Crippen molar-refractivity contribution in [2.24, 2.45) is 23.5 Å². The fourth-order valence-corrected chi connectivity index (χ4v) is 6.22. The molecule has 3 atom stereocenters. The second kappa shape index (κ2) is 9.18. The van der Waals surface area contributed by atoms with E-state index in [0.717, 1.165) is 12.2 Å². The third-order valence-electron chi connectivity index (χ3n) is 7.72. The number of aromatic hydroxyl groups is 1. The number of ketones is 2. The van der Waals surface area contributed by atoms with E-state index in [1.54, 1.807) is 0 Å². The van der Waals surface area contributed by atoms with Crippen LogP contribution in [-0.2, 0) is 27.3 Å². The first-order chi connectivity index (χ1) is 17.2. The van der Waals surface area contributed by atoms with Crippen molar-refractivity contribution in [3.8, 4) is 5.75 Å². The lowest BCUT2D eigenvalue weighted by molar-refractivity contribution is -0.147. The molecule has 0 aliphatic heterocycles. The molecule has 10 nitrogen and oxygen atoms in total. The van der Waals surface area contributed by atoms with Gasteiger partial charge < -0.3 is 36.0 Å². The predicted octanol–water partition coefficient (Wildman–Crippen LogP) is 1.58. The topological polar surface area (TPSA) is 165 Å². The van der Waals surface area contributed by atoms with Crippen molar-refractivity contribution in [1.82, 2.24) is 4.90 Å². The Morgan fingerprint density at radius 2 is 1.81 bits per heavy atom. The van der Waals surface area contributed by atoms with Crippen molar-refractivity contribution in [2.75, 3.05) is 32.6 Å². The molecular weight excluding hydrogens is 478 g/mol. The van der Waals surface area contributed by atoms with Crippen LogP contribution in [0.2, 0.25) is 0 Å². The van der Waals surface area contributed by atoms with Crippen LogP contribution in [0.5, 0.6) is 5.75 Å². The third kappa shape index (κ3) is 4.08. The number of carbonyl (C=O) groups is 3. The molecule has 1 amide bonds. The summed E-state index contributed by atoms with van der Waals surface area (Å²) in [5, 5.41) is 44.8. The minimum atomic E-state index is -2.56. The van der Waals surface area contributed by atoms with Gasteiger partial charge in [0.25, 0.3) is 5.91 Å². The first kappa shape index (κ1) is 26.7. The molecule has 3 aliphatic carbocycles. The molecule has 200 valence electrons. The lowest BCUT2D eigenvalue weighted by atomic mass is 9.59. The summed E-state index contributed by atoms with van der Waals surface area (Å²) in [6.07, 6.45) is 0.0435. The molecule has 10 heteroatoms. The van der Waals surface area contributed by atoms with Crippen molar-refractivity contribution in [1.29, 1.82) is 0 Å². The molecule has 6 N–H and O–H groups in total. The van der Waals surface area contributed by atoms with Crippen LogP contribution in [0.4, 0.5) is 5.69 Å². The number of hydrogen-bond donors (Lipinski definition) is 5. The van der Waals surface area contributed by atoms with Crippen molar-refractivity contribution >= 4 is 28.9 Å². The van der Waals surface area contributed by atoms with Gasteiger partial charge in [0.15, 0.2) is 11.4 Å². The smallest absolute Gasteiger partial charge is 0.255 e. The zero-order chi connectivity index (χ0) is 27.6. The number of phenols is 1. The number of phenolic OH excluding ortho intramolecular Hbond substituents is 1. The molecule has 1 fully saturated rings. The number of Topliss-reactive ketones (excluding diaryl/α,β-unsaturated/α-hetero) is 2. The maximum atomic E-state index is 13.7. The lowest BCUT2D eigenvalue weighted by Crippen LogP contribution is -2.58. The molecule has 1 aromatic rings. The number of aliphatic hydroxyl groups is 3. The van der Waals surface area contributed by atoms with Crippen LogP contribution in [0.3, 0.4) is 0 Å². The standard InChI is InChI=1S/C27H35N3O7/c1-12(2)10-30(5)11-14-8-17(29(3)4)16-7-13-6-15-9-18(31)21(26(28)36)25(35)27(15,37)24(34)19(13)23(33)20(16)22(14)32/h8,12-13,15,32-33,35,37H,6-7,9-11H2,1-5H3,(H2,28,36)/t13-,15+,27+/m1/s1. The summed E-state index contributed by atoms with van der Waals surface area (Å²) in [5.74, 6) is -5.81. The van der Waals surface area contributed by atoms with Gasteiger partial charge in [-0.15, -0.1) is 0 Å². The Balaban J connectivity index is 1.90. The van der Waals surface area contributed by atoms with Crippen LogP contribution in [0.1, 0.15) is 43.4 Å². The van der Waals surface area contributed by atoms with Gasteiger partial charge in [0, 0.05) is 56.3 Å². The molecule has 1 saturated carbocycles. The number of benzene rings is 1. The summed E-state index contributed by atoms with van der Waals surface area (Å²) in [7, 11) is 5.63. The second-order valence-corrected chi connectivity index (χ2v) is 11.1. The van der Waals surface area contributed by atoms with Crippen LogP contribution >= 0.6 is 0 Å². The zero-order valence-electron chi connectivity index (χ0n) is 21.8. The minimum Gasteiger partial charge on any atom is -0.508 e. The molecule has 3 aliphatic rings. The highest BCUT2D eigenvalue weighted by Gasteiger charge is 2.60. The number of nitrogens with two attached hydrogens (primary N) is 1. The van der Waals surface area contributed by atoms with Crippen LogP contribution in [0.15, 0.2) is 23.0 Å². The first-order valence-corrected chi connectivity index (χ1v) is 12.4. The molecule has 1 aromatic carbocycles. The Labute approximate surface area is 215 Å². The minimum absolute atomic E-state index is 0.107. The highest BCUT2D eigenvalue weighted by atomic mass is 16.3. The zero-order valence-corrected chi connectivity index (χ0v) is 21.8. The number of hydrogen-bond acceptors (Lipinski definition) is 9. The summed E-state index contributed by atoms with van der Waals surface area (Å²) in [6.45, 7) is 5.36. The van der Waals surface area contributed by atoms with Gasteiger partial charge in [-0.2, -0.15) is 0 Å². The number of primary amides is 1. The number of carbonyl (C=O) groups excluding carboxylic acids is 3. The fraction of sp³-hybridized carbons (Fsp3) is 0.519. The first-order valence-electron chi connectivity index (χ1n) is 12.4. The van der Waals surface area contributed by atoms with Crippen LogP contribution in [-0.4, -0.2) is 76.1 Å². The normalized spacial score (nSPS) is 25.4. The second-order valence-electron chi connectivity index (χ2n) is 11.1. The van der Waals surface area contributed by atoms with E-state index in [2.05, 4.69) is 13.8 Å². The maximum absolute atomic E-state index is 13.7. The van der Waals surface area contributed by atoms with E-state index in [9.17, 15) is 34.8 Å². The van der Waals surface area contributed by atoms with E-state index < -0.39 is 52.0 Å². The average Bonchev–Trinajstić information content (AvgIpc) is 2.77. The lowest BCUT2D eigenvalue weighted by Gasteiger charge is -2.46. The van der Waals surface area contributed by atoms with E-state index >= 15 is 0 Å². The molecule has 0 heterocycles. The number of amides is 1. The van der Waals surface area contributed by atoms with Crippen molar-refractivity contribution in [3.63, 3.8) is 0 Å². The van der Waals surface area contributed by atoms with Crippen LogP contribution in [0, 0.1) is 17.8 Å². The molecular formula is C27H35N3O7. The van der Waals surface area contributed by atoms with Gasteiger partial charge in [-0.05, 0) is 43.4 Å². The maximum Gasteiger partial charge on any atom is 0.255 e. The van der Waals surface area contributed by atoms with Gasteiger partial charge in [-0.3, -0.25) is 14.4 Å². The summed E-state index contributed by atoms with van der Waals surface area (Å²) in [5.41, 5.74) is 3.86. The van der Waals surface area contributed by atoms with Crippen molar-refractivity contribution < 1.29 is 34.8 Å². The van der Waals surface area contributed by atoms with E-state index in [1.165, 1.54) is 0 Å². The molecule has 0 aromatic heterocycles. The fourth-order valence-electron chi connectivity index (χ4n) is 6.22. The summed E-state index contributed by atoms with van der Waals surface area (Å²) >= 11 is 0. The van der Waals surface area contributed by atoms with Crippen LogP contribution < -0.4 is 10.6 Å². The molecule has 4 rings (SSSR count). The Morgan fingerprint density at radius 1 is 1.16 bits per heavy atom. The highest BCUT2D eigenvalue weighted by Crippen LogP contribution is 2.53. The summed E-state index contributed by atoms with van der Waals surface area (Å²) in [4.78, 5) is 41.9. The highest BCUT2D eigenvalue weighted by molar-refractivity contribution is 6.22. The van der Waals surface area contributed by atoms with Gasteiger partial charge in [0.2, 0.25) is 5.78 Å². The Kier molecular flexibility index (Phi) is 6.62. The van der Waals surface area contributed by atoms with Gasteiger partial charge in [-0.1, -0.05) is 13.8 Å². The Morgan fingerprint density at radius 3 is 2.38 bits per heavy atom. The average molecular weight is 514 g/mol. The Hall–Kier alpha value is -3.37. The third-order valence-corrected chi connectivity index (χ3v) is 7.72. The Bertz CT molecular complexity index is 1260. The number of fused-ring (bicyclic) bond motifs is 3. The molecule has 0 radical (unpaired) electrons. The van der Waals surface area contributed by atoms with E-state index in [0.29, 0.717) is 23.6 Å². The quantitative estimate of drug-likeness (QED) is 0.355. The van der Waals surface area contributed by atoms with E-state index in [1.807, 2.05) is 37.0 Å².